The number of phenolic OH excluding ortho intramolecular Hbond substituents is 1. The van der Waals surface area contributed by atoms with Crippen LogP contribution in [0.1, 0.15) is 12.0 Å². The molecule has 0 atom stereocenters. The Morgan fingerprint density at radius 2 is 2.25 bits per heavy atom. The number of fused-ring (bicyclic) bond motifs is 1. The number of para-hydroxylation sites is 1. The fraction of sp³-hybridized carbons (Fsp3) is 0.333. The normalized spacial score (nSPS) is 15.9. The average Bonchev–Trinajstić information content (AvgIpc) is 2.04. The van der Waals surface area contributed by atoms with Crippen LogP contribution in [0.2, 0.25) is 0 Å². The van der Waals surface area contributed by atoms with Gasteiger partial charge in [-0.05, 0) is 24.5 Å². The van der Waals surface area contributed by atoms with E-state index < -0.39 is 0 Å². The van der Waals surface area contributed by atoms with Crippen LogP contribution >= 0.6 is 11.8 Å². The predicted molar refractivity (Wildman–Crippen MR) is 49.6 cm³/mol. The van der Waals surface area contributed by atoms with Gasteiger partial charge >= 0.3 is 0 Å². The van der Waals surface area contributed by atoms with Crippen molar-refractivity contribution in [3.05, 3.63) is 23.8 Å². The van der Waals surface area contributed by atoms with Crippen LogP contribution in [-0.2, 0) is 6.42 Å². The lowest BCUT2D eigenvalue weighted by Crippen LogP contribution is -2.19. The minimum absolute atomic E-state index is 0.280. The molecule has 1 aliphatic rings. The summed E-state index contributed by atoms with van der Waals surface area (Å²) < 4.78 is 1.59. The summed E-state index contributed by atoms with van der Waals surface area (Å²) in [6.45, 7) is 0.812. The molecule has 0 radical (unpaired) electrons. The predicted octanol–water partition coefficient (Wildman–Crippen LogP) is 2.30. The van der Waals surface area contributed by atoms with Gasteiger partial charge in [-0.1, -0.05) is 12.1 Å². The third-order valence-electron chi connectivity index (χ3n) is 2.14. The van der Waals surface area contributed by atoms with Gasteiger partial charge in [-0.15, -0.1) is 0 Å². The van der Waals surface area contributed by atoms with E-state index in [1.54, 1.807) is 10.5 Å². The van der Waals surface area contributed by atoms with E-state index in [1.807, 2.05) is 12.1 Å². The first-order valence-corrected chi connectivity index (χ1v) is 4.37. The second kappa shape index (κ2) is 2.87. The van der Waals surface area contributed by atoms with E-state index >= 15 is 0 Å². The molecule has 2 nitrogen and oxygen atoms in total. The third-order valence-corrected chi connectivity index (χ3v) is 2.48. The van der Waals surface area contributed by atoms with Crippen LogP contribution in [-0.4, -0.2) is 11.7 Å². The van der Waals surface area contributed by atoms with Crippen molar-refractivity contribution >= 4 is 17.5 Å². The molecule has 0 aromatic heterocycles. The van der Waals surface area contributed by atoms with E-state index in [0.29, 0.717) is 0 Å². The van der Waals surface area contributed by atoms with Crippen molar-refractivity contribution in [2.45, 2.75) is 12.8 Å². The SMILES string of the molecule is Oc1cccc2c1N(Cl)CCC2. The molecule has 0 bridgehead atoms. The molecule has 0 spiro atoms. The van der Waals surface area contributed by atoms with E-state index in [9.17, 15) is 5.11 Å². The average molecular weight is 184 g/mol. The van der Waals surface area contributed by atoms with Crippen LogP contribution in [0.4, 0.5) is 5.69 Å². The molecule has 64 valence electrons. The topological polar surface area (TPSA) is 23.5 Å². The number of nitrogens with zero attached hydrogens (tertiary/aromatic N) is 1. The van der Waals surface area contributed by atoms with Gasteiger partial charge in [0.2, 0.25) is 0 Å². The number of hydrogen-bond acceptors (Lipinski definition) is 2. The molecule has 1 aromatic rings. The Labute approximate surface area is 76.5 Å². The fourth-order valence-corrected chi connectivity index (χ4v) is 1.89. The number of hydrogen-bond donors (Lipinski definition) is 1. The Hall–Kier alpha value is -0.890. The summed E-state index contributed by atoms with van der Waals surface area (Å²) >= 11 is 5.93. The monoisotopic (exact) mass is 183 g/mol. The molecule has 0 unspecified atom stereocenters. The van der Waals surface area contributed by atoms with Gasteiger partial charge in [0.15, 0.2) is 0 Å². The number of aromatic hydroxyl groups is 1. The van der Waals surface area contributed by atoms with Gasteiger partial charge in [0.05, 0.1) is 5.69 Å². The third kappa shape index (κ3) is 1.12. The second-order valence-electron chi connectivity index (χ2n) is 2.97. The zero-order chi connectivity index (χ0) is 8.55. The molecule has 0 fully saturated rings. The first-order chi connectivity index (χ1) is 5.79. The van der Waals surface area contributed by atoms with E-state index in [1.165, 1.54) is 0 Å². The Kier molecular flexibility index (Phi) is 1.85. The molecule has 2 rings (SSSR count). The Morgan fingerprint density at radius 1 is 1.42 bits per heavy atom. The number of anilines is 1. The van der Waals surface area contributed by atoms with Gasteiger partial charge in [-0.25, -0.2) is 0 Å². The quantitative estimate of drug-likeness (QED) is 0.624. The fourth-order valence-electron chi connectivity index (χ4n) is 1.58. The van der Waals surface area contributed by atoms with E-state index in [2.05, 4.69) is 0 Å². The summed E-state index contributed by atoms with van der Waals surface area (Å²) in [7, 11) is 0. The molecule has 1 N–H and O–H groups in total. The molecule has 1 aromatic carbocycles. The van der Waals surface area contributed by atoms with Crippen molar-refractivity contribution in [2.24, 2.45) is 0 Å². The van der Waals surface area contributed by atoms with E-state index in [4.69, 9.17) is 11.8 Å². The van der Waals surface area contributed by atoms with Crippen LogP contribution in [0.15, 0.2) is 18.2 Å². The Bertz CT molecular complexity index is 301. The molecule has 0 saturated carbocycles. The molecular weight excluding hydrogens is 174 g/mol. The van der Waals surface area contributed by atoms with Gasteiger partial charge in [-0.2, -0.15) is 0 Å². The van der Waals surface area contributed by atoms with Crippen LogP contribution in [0.3, 0.4) is 0 Å². The summed E-state index contributed by atoms with van der Waals surface area (Å²) in [4.78, 5) is 0. The summed E-state index contributed by atoms with van der Waals surface area (Å²) in [6.07, 6.45) is 2.06. The molecule has 0 saturated heterocycles. The van der Waals surface area contributed by atoms with Gasteiger partial charge in [0.25, 0.3) is 0 Å². The van der Waals surface area contributed by atoms with Crippen LogP contribution in [0.25, 0.3) is 0 Å². The Balaban J connectivity index is 2.53. The Morgan fingerprint density at radius 3 is 3.00 bits per heavy atom. The smallest absolute Gasteiger partial charge is 0.140 e. The maximum atomic E-state index is 9.50. The second-order valence-corrected chi connectivity index (χ2v) is 3.38. The summed E-state index contributed by atoms with van der Waals surface area (Å²) in [5.74, 6) is 0.280. The molecular formula is C9H10ClNO. The van der Waals surface area contributed by atoms with Crippen LogP contribution < -0.4 is 4.42 Å². The van der Waals surface area contributed by atoms with Crippen molar-refractivity contribution in [1.29, 1.82) is 0 Å². The van der Waals surface area contributed by atoms with Crippen LogP contribution in [0, 0.1) is 0 Å². The largest absolute Gasteiger partial charge is 0.506 e. The number of halogens is 1. The molecule has 12 heavy (non-hydrogen) atoms. The van der Waals surface area contributed by atoms with E-state index in [-0.39, 0.29) is 5.75 Å². The number of benzene rings is 1. The summed E-state index contributed by atoms with van der Waals surface area (Å²) in [6, 6.07) is 5.52. The van der Waals surface area contributed by atoms with Gasteiger partial charge in [-0.3, -0.25) is 4.42 Å². The maximum Gasteiger partial charge on any atom is 0.140 e. The first kappa shape index (κ1) is 7.74. The number of rotatable bonds is 0. The summed E-state index contributed by atoms with van der Waals surface area (Å²) in [5, 5.41) is 9.50. The lowest BCUT2D eigenvalue weighted by molar-refractivity contribution is 0.474. The highest BCUT2D eigenvalue weighted by atomic mass is 35.5. The van der Waals surface area contributed by atoms with E-state index in [0.717, 1.165) is 30.6 Å². The van der Waals surface area contributed by atoms with Crippen molar-refractivity contribution in [1.82, 2.24) is 0 Å². The van der Waals surface area contributed by atoms with Crippen LogP contribution in [0.5, 0.6) is 5.75 Å². The maximum absolute atomic E-state index is 9.50. The first-order valence-electron chi connectivity index (χ1n) is 4.03. The lowest BCUT2D eigenvalue weighted by Gasteiger charge is -2.24. The zero-order valence-corrected chi connectivity index (χ0v) is 7.38. The van der Waals surface area contributed by atoms with Gasteiger partial charge < -0.3 is 5.11 Å². The minimum atomic E-state index is 0.280. The number of phenols is 1. The highest BCUT2D eigenvalue weighted by molar-refractivity contribution is 6.26. The highest BCUT2D eigenvalue weighted by Crippen LogP contribution is 2.36. The van der Waals surface area contributed by atoms with Crippen molar-refractivity contribution in [3.63, 3.8) is 0 Å². The standard InChI is InChI=1S/C9H10ClNO/c10-11-6-2-4-7-3-1-5-8(12)9(7)11/h1,3,5,12H,2,4,6H2. The molecule has 1 heterocycles. The van der Waals surface area contributed by atoms with Crippen molar-refractivity contribution in [3.8, 4) is 5.75 Å². The summed E-state index contributed by atoms with van der Waals surface area (Å²) in [5.41, 5.74) is 1.92. The van der Waals surface area contributed by atoms with Crippen molar-refractivity contribution < 1.29 is 5.11 Å². The molecule has 1 aliphatic heterocycles. The molecule has 3 heteroatoms. The highest BCUT2D eigenvalue weighted by Gasteiger charge is 2.17. The van der Waals surface area contributed by atoms with Gasteiger partial charge in [0, 0.05) is 18.3 Å². The number of aryl methyl sites for hydroxylation is 1. The lowest BCUT2D eigenvalue weighted by atomic mass is 10.0. The molecule has 0 amide bonds. The zero-order valence-electron chi connectivity index (χ0n) is 6.63. The molecule has 0 aliphatic carbocycles. The van der Waals surface area contributed by atoms with Gasteiger partial charge in [0.1, 0.15) is 5.75 Å². The minimum Gasteiger partial charge on any atom is -0.506 e. The van der Waals surface area contributed by atoms with Crippen molar-refractivity contribution in [2.75, 3.05) is 11.0 Å².